The van der Waals surface area contributed by atoms with Gasteiger partial charge in [-0.15, -0.1) is 0 Å². The number of benzene rings is 1. The van der Waals surface area contributed by atoms with Crippen LogP contribution in [0.25, 0.3) is 11.1 Å². The molecule has 0 aliphatic carbocycles. The maximum atomic E-state index is 13.7. The van der Waals surface area contributed by atoms with Crippen LogP contribution in [0.1, 0.15) is 54.8 Å². The highest BCUT2D eigenvalue weighted by Gasteiger charge is 2.39. The number of anilines is 2. The van der Waals surface area contributed by atoms with E-state index in [1.807, 2.05) is 18.7 Å². The molecule has 3 aromatic rings. The van der Waals surface area contributed by atoms with E-state index in [2.05, 4.69) is 21.6 Å². The van der Waals surface area contributed by atoms with E-state index in [0.717, 1.165) is 6.42 Å². The monoisotopic (exact) mass is 567 g/mol. The van der Waals surface area contributed by atoms with Crippen molar-refractivity contribution >= 4 is 33.5 Å². The van der Waals surface area contributed by atoms with Gasteiger partial charge in [0.05, 0.1) is 24.8 Å². The number of carbonyl (C=O) groups excluding carboxylic acids is 2. The van der Waals surface area contributed by atoms with E-state index in [1.165, 1.54) is 25.3 Å². The molecule has 1 aromatic carbocycles. The van der Waals surface area contributed by atoms with E-state index in [9.17, 15) is 18.0 Å². The topological polar surface area (TPSA) is 154 Å². The first kappa shape index (κ1) is 28.8. The van der Waals surface area contributed by atoms with Gasteiger partial charge >= 0.3 is 5.97 Å². The Bertz CT molecular complexity index is 1560. The number of carbonyl (C=O) groups is 2. The van der Waals surface area contributed by atoms with Gasteiger partial charge in [-0.2, -0.15) is 8.42 Å². The Kier molecular flexibility index (Phi) is 8.01. The molecule has 4 rings (SSSR count). The van der Waals surface area contributed by atoms with Crippen LogP contribution >= 0.6 is 0 Å². The molecule has 12 heteroatoms. The number of hydrogen-bond donors (Lipinski definition) is 2. The number of methoxy groups -OCH3 is 1. The summed E-state index contributed by atoms with van der Waals surface area (Å²) in [6, 6.07) is 10.5. The minimum absolute atomic E-state index is 0.000979. The molecule has 1 unspecified atom stereocenters. The first-order valence-electron chi connectivity index (χ1n) is 12.8. The summed E-state index contributed by atoms with van der Waals surface area (Å²) in [6.45, 7) is 8.76. The van der Waals surface area contributed by atoms with Crippen molar-refractivity contribution < 1.29 is 27.5 Å². The molecule has 0 bridgehead atoms. The van der Waals surface area contributed by atoms with Crippen molar-refractivity contribution in [2.75, 3.05) is 30.9 Å². The number of nitrogen functional groups attached to an aromatic ring is 1. The molecule has 212 valence electrons. The third kappa shape index (κ3) is 5.86. The second-order valence-corrected chi connectivity index (χ2v) is 11.9. The SMILES string of the molecule is CCOC(=O)c1ccc(OC)c(-c2cnc(N3CC(C)CC3(C)C)c(C(=O)NS(=O)(=O)c3cccc(N)n3)c2)c1. The fourth-order valence-corrected chi connectivity index (χ4v) is 5.97. The van der Waals surface area contributed by atoms with Crippen LogP contribution in [-0.2, 0) is 14.8 Å². The van der Waals surface area contributed by atoms with E-state index in [0.29, 0.717) is 35.2 Å². The molecule has 11 nitrogen and oxygen atoms in total. The Morgan fingerprint density at radius 2 is 1.95 bits per heavy atom. The standard InChI is InChI=1S/C28H33N5O6S/c1-6-39-27(35)18-10-11-22(38-5)20(12-18)19-13-21(25(30-15-19)33-16-17(2)14-28(33,3)4)26(34)32-40(36,37)24-9-7-8-23(29)31-24/h7-13,15,17H,6,14,16H2,1-5H3,(H2,29,31)(H,32,34). The molecule has 0 saturated carbocycles. The van der Waals surface area contributed by atoms with Crippen molar-refractivity contribution in [3.8, 4) is 16.9 Å². The van der Waals surface area contributed by atoms with Crippen LogP contribution in [0.15, 0.2) is 53.7 Å². The zero-order valence-corrected chi connectivity index (χ0v) is 23.9. The normalized spacial score (nSPS) is 16.4. The molecule has 3 heterocycles. The summed E-state index contributed by atoms with van der Waals surface area (Å²) in [5, 5.41) is -0.384. The van der Waals surface area contributed by atoms with Crippen molar-refractivity contribution in [2.24, 2.45) is 5.92 Å². The molecule has 1 fully saturated rings. The molecule has 0 spiro atoms. The number of rotatable bonds is 8. The Morgan fingerprint density at radius 3 is 2.58 bits per heavy atom. The van der Waals surface area contributed by atoms with Crippen LogP contribution in [0, 0.1) is 5.92 Å². The second kappa shape index (κ2) is 11.1. The number of esters is 1. The van der Waals surface area contributed by atoms with Gasteiger partial charge in [0.1, 0.15) is 17.4 Å². The molecule has 1 amide bonds. The van der Waals surface area contributed by atoms with Crippen molar-refractivity contribution in [1.82, 2.24) is 14.7 Å². The number of pyridine rings is 2. The molecule has 1 aliphatic heterocycles. The smallest absolute Gasteiger partial charge is 0.338 e. The number of ether oxygens (including phenoxy) is 2. The Balaban J connectivity index is 1.84. The average molecular weight is 568 g/mol. The summed E-state index contributed by atoms with van der Waals surface area (Å²) in [6.07, 6.45) is 2.43. The summed E-state index contributed by atoms with van der Waals surface area (Å²) in [5.41, 5.74) is 6.58. The summed E-state index contributed by atoms with van der Waals surface area (Å²) in [7, 11) is -2.86. The second-order valence-electron chi connectivity index (χ2n) is 10.3. The largest absolute Gasteiger partial charge is 0.496 e. The van der Waals surface area contributed by atoms with E-state index in [1.54, 1.807) is 37.4 Å². The van der Waals surface area contributed by atoms with Gasteiger partial charge in [-0.1, -0.05) is 13.0 Å². The van der Waals surface area contributed by atoms with Crippen molar-refractivity contribution in [3.63, 3.8) is 0 Å². The maximum absolute atomic E-state index is 13.7. The lowest BCUT2D eigenvalue weighted by Crippen LogP contribution is -2.41. The highest BCUT2D eigenvalue weighted by Crippen LogP contribution is 2.39. The van der Waals surface area contributed by atoms with Crippen LogP contribution in [-0.4, -0.2) is 56.1 Å². The lowest BCUT2D eigenvalue weighted by atomic mass is 9.97. The Morgan fingerprint density at radius 1 is 1.20 bits per heavy atom. The zero-order chi connectivity index (χ0) is 29.2. The number of aromatic nitrogens is 2. The Labute approximate surface area is 233 Å². The third-order valence-electron chi connectivity index (χ3n) is 6.71. The van der Waals surface area contributed by atoms with Gasteiger partial charge in [0.15, 0.2) is 5.03 Å². The minimum Gasteiger partial charge on any atom is -0.496 e. The van der Waals surface area contributed by atoms with Gasteiger partial charge in [-0.05, 0) is 69.5 Å². The van der Waals surface area contributed by atoms with E-state index in [-0.39, 0.29) is 34.1 Å². The molecule has 40 heavy (non-hydrogen) atoms. The van der Waals surface area contributed by atoms with E-state index < -0.39 is 21.9 Å². The van der Waals surface area contributed by atoms with Gasteiger partial charge in [-0.25, -0.2) is 19.5 Å². The fourth-order valence-electron chi connectivity index (χ4n) is 5.03. The number of nitrogens with zero attached hydrogens (tertiary/aromatic N) is 3. The number of nitrogens with two attached hydrogens (primary N) is 1. The highest BCUT2D eigenvalue weighted by atomic mass is 32.2. The van der Waals surface area contributed by atoms with Crippen LogP contribution in [0.3, 0.4) is 0 Å². The molecule has 2 aromatic heterocycles. The van der Waals surface area contributed by atoms with Crippen molar-refractivity contribution in [2.45, 2.75) is 44.7 Å². The van der Waals surface area contributed by atoms with Crippen molar-refractivity contribution in [3.05, 3.63) is 59.8 Å². The number of hydrogen-bond acceptors (Lipinski definition) is 10. The lowest BCUT2D eigenvalue weighted by Gasteiger charge is -2.34. The third-order valence-corrected chi connectivity index (χ3v) is 7.94. The molecule has 0 radical (unpaired) electrons. The van der Waals surface area contributed by atoms with Gasteiger partial charge in [-0.3, -0.25) is 4.79 Å². The van der Waals surface area contributed by atoms with Gasteiger partial charge < -0.3 is 20.1 Å². The van der Waals surface area contributed by atoms with Gasteiger partial charge in [0.25, 0.3) is 15.9 Å². The predicted molar refractivity (Wildman–Crippen MR) is 151 cm³/mol. The average Bonchev–Trinajstić information content (AvgIpc) is 3.19. The Hall–Kier alpha value is -4.19. The van der Waals surface area contributed by atoms with Crippen LogP contribution in [0.4, 0.5) is 11.6 Å². The van der Waals surface area contributed by atoms with Gasteiger partial charge in [0.2, 0.25) is 0 Å². The summed E-state index contributed by atoms with van der Waals surface area (Å²) in [4.78, 5) is 36.6. The predicted octanol–water partition coefficient (Wildman–Crippen LogP) is 3.65. The quantitative estimate of drug-likeness (QED) is 0.386. The fraction of sp³-hybridized carbons (Fsp3) is 0.357. The lowest BCUT2D eigenvalue weighted by molar-refractivity contribution is 0.0526. The zero-order valence-electron chi connectivity index (χ0n) is 23.1. The number of sulfonamides is 1. The van der Waals surface area contributed by atoms with E-state index in [4.69, 9.17) is 15.2 Å². The molecule has 1 aliphatic rings. The molecule has 1 atom stereocenters. The van der Waals surface area contributed by atoms with Crippen LogP contribution in [0.5, 0.6) is 5.75 Å². The van der Waals surface area contributed by atoms with Crippen LogP contribution in [0.2, 0.25) is 0 Å². The highest BCUT2D eigenvalue weighted by molar-refractivity contribution is 7.90. The van der Waals surface area contributed by atoms with E-state index >= 15 is 0 Å². The van der Waals surface area contributed by atoms with Crippen molar-refractivity contribution in [1.29, 1.82) is 0 Å². The number of amides is 1. The van der Waals surface area contributed by atoms with Gasteiger partial charge in [0, 0.05) is 29.4 Å². The summed E-state index contributed by atoms with van der Waals surface area (Å²) in [5.74, 6) is -0.297. The van der Waals surface area contributed by atoms with Crippen LogP contribution < -0.4 is 20.1 Å². The number of nitrogens with one attached hydrogen (secondary N) is 1. The molecular weight excluding hydrogens is 534 g/mol. The summed E-state index contributed by atoms with van der Waals surface area (Å²) < 4.78 is 38.9. The first-order chi connectivity index (χ1) is 18.9. The minimum atomic E-state index is -4.35. The molecule has 3 N–H and O–H groups in total. The molecule has 1 saturated heterocycles. The molecular formula is C28H33N5O6S. The maximum Gasteiger partial charge on any atom is 0.338 e. The summed E-state index contributed by atoms with van der Waals surface area (Å²) >= 11 is 0. The first-order valence-corrected chi connectivity index (χ1v) is 14.3.